The number of likely N-dealkylation sites (N-methyl/N-ethyl adjacent to an activating group) is 1. The molecule has 1 aromatic heterocycles. The molecule has 1 aliphatic rings. The summed E-state index contributed by atoms with van der Waals surface area (Å²) in [6.45, 7) is 0. The number of anilines is 1. The Hall–Kier alpha value is -3.00. The summed E-state index contributed by atoms with van der Waals surface area (Å²) in [5.41, 5.74) is 3.64. The minimum absolute atomic E-state index is 0.168. The van der Waals surface area contributed by atoms with Gasteiger partial charge in [0.15, 0.2) is 0 Å². The van der Waals surface area contributed by atoms with Crippen LogP contribution in [0.25, 0.3) is 0 Å². The van der Waals surface area contributed by atoms with Crippen LogP contribution in [-0.2, 0) is 17.6 Å². The average Bonchev–Trinajstić information content (AvgIpc) is 3.17. The number of fused-ring (bicyclic) bond motifs is 1. The molecule has 0 spiro atoms. The normalized spacial score (nSPS) is 16.2. The van der Waals surface area contributed by atoms with Crippen LogP contribution in [0, 0.1) is 5.82 Å². The van der Waals surface area contributed by atoms with Crippen molar-refractivity contribution in [2.45, 2.75) is 25.3 Å². The average molecular weight is 471 g/mol. The molecule has 0 radical (unpaired) electrons. The van der Waals surface area contributed by atoms with E-state index in [1.54, 1.807) is 36.5 Å². The predicted molar refractivity (Wildman–Crippen MR) is 115 cm³/mol. The zero-order valence-corrected chi connectivity index (χ0v) is 17.9. The van der Waals surface area contributed by atoms with E-state index < -0.39 is 12.1 Å². The van der Waals surface area contributed by atoms with E-state index in [0.29, 0.717) is 19.3 Å². The first kappa shape index (κ1) is 20.3. The molecule has 1 atom stereocenters. The highest BCUT2D eigenvalue weighted by Crippen LogP contribution is 2.29. The Labute approximate surface area is 181 Å². The minimum Gasteiger partial charge on any atom is -0.324 e. The Morgan fingerprint density at radius 3 is 2.77 bits per heavy atom. The lowest BCUT2D eigenvalue weighted by Crippen LogP contribution is -2.48. The molecule has 0 saturated carbocycles. The molecule has 8 heteroatoms. The molecule has 3 aromatic rings. The molecular weight excluding hydrogens is 451 g/mol. The third-order valence-corrected chi connectivity index (χ3v) is 5.70. The van der Waals surface area contributed by atoms with E-state index in [2.05, 4.69) is 26.3 Å². The number of halogens is 2. The van der Waals surface area contributed by atoms with Crippen molar-refractivity contribution in [3.05, 3.63) is 81.8 Å². The molecule has 0 bridgehead atoms. The monoisotopic (exact) mass is 470 g/mol. The Kier molecular flexibility index (Phi) is 5.67. The standard InChI is InChI=1S/C22H20BrFN4O2/c1-27-20-11-17(23)6-4-16(20)5-9-19(21(27)29)26-22(30)28-13-15(12-25-28)10-14-2-7-18(24)8-3-14/h2-4,6-8,11-13,19H,5,9-10H2,1H3,(H,26,30). The van der Waals surface area contributed by atoms with Gasteiger partial charge in [-0.1, -0.05) is 34.1 Å². The van der Waals surface area contributed by atoms with Crippen LogP contribution < -0.4 is 10.2 Å². The highest BCUT2D eigenvalue weighted by molar-refractivity contribution is 9.10. The number of benzene rings is 2. The summed E-state index contributed by atoms with van der Waals surface area (Å²) in [5.74, 6) is -0.458. The number of rotatable bonds is 3. The van der Waals surface area contributed by atoms with Crippen LogP contribution in [0.15, 0.2) is 59.3 Å². The Balaban J connectivity index is 1.44. The Bertz CT molecular complexity index is 1100. The molecule has 1 aliphatic heterocycles. The molecular formula is C22H20BrFN4O2. The maximum atomic E-state index is 13.0. The number of aromatic nitrogens is 2. The third-order valence-electron chi connectivity index (χ3n) is 5.20. The highest BCUT2D eigenvalue weighted by Gasteiger charge is 2.29. The zero-order chi connectivity index (χ0) is 21.3. The fourth-order valence-corrected chi connectivity index (χ4v) is 3.93. The fraction of sp³-hybridized carbons (Fsp3) is 0.227. The number of nitrogens with zero attached hydrogens (tertiary/aromatic N) is 3. The van der Waals surface area contributed by atoms with Crippen molar-refractivity contribution < 1.29 is 14.0 Å². The first-order valence-electron chi connectivity index (χ1n) is 9.55. The van der Waals surface area contributed by atoms with Gasteiger partial charge in [0.1, 0.15) is 11.9 Å². The topological polar surface area (TPSA) is 67.2 Å². The van der Waals surface area contributed by atoms with E-state index in [1.807, 2.05) is 18.2 Å². The first-order chi connectivity index (χ1) is 14.4. The highest BCUT2D eigenvalue weighted by atomic mass is 79.9. The summed E-state index contributed by atoms with van der Waals surface area (Å²) in [5, 5.41) is 6.91. The van der Waals surface area contributed by atoms with Crippen LogP contribution in [0.2, 0.25) is 0 Å². The lowest BCUT2D eigenvalue weighted by Gasteiger charge is -2.22. The van der Waals surface area contributed by atoms with E-state index in [1.165, 1.54) is 16.8 Å². The molecule has 1 N–H and O–H groups in total. The molecule has 1 unspecified atom stereocenters. The molecule has 0 fully saturated rings. The van der Waals surface area contributed by atoms with Gasteiger partial charge in [0, 0.05) is 29.8 Å². The summed E-state index contributed by atoms with van der Waals surface area (Å²) in [7, 11) is 1.72. The second-order valence-corrected chi connectivity index (χ2v) is 8.22. The van der Waals surface area contributed by atoms with Gasteiger partial charge in [0.2, 0.25) is 5.91 Å². The van der Waals surface area contributed by atoms with Crippen LogP contribution in [0.5, 0.6) is 0 Å². The molecule has 154 valence electrons. The SMILES string of the molecule is CN1C(=O)C(NC(=O)n2cc(Cc3ccc(F)cc3)cn2)CCc2ccc(Br)cc21. The maximum absolute atomic E-state index is 13.0. The number of carbonyl (C=O) groups excluding carboxylic acids is 2. The van der Waals surface area contributed by atoms with E-state index in [-0.39, 0.29) is 11.7 Å². The summed E-state index contributed by atoms with van der Waals surface area (Å²) in [6, 6.07) is 10.9. The summed E-state index contributed by atoms with van der Waals surface area (Å²) < 4.78 is 15.1. The van der Waals surface area contributed by atoms with Crippen LogP contribution in [0.3, 0.4) is 0 Å². The summed E-state index contributed by atoms with van der Waals surface area (Å²) >= 11 is 3.44. The number of hydrogen-bond acceptors (Lipinski definition) is 3. The van der Waals surface area contributed by atoms with Gasteiger partial charge in [-0.3, -0.25) is 4.79 Å². The second-order valence-electron chi connectivity index (χ2n) is 7.31. The number of aryl methyl sites for hydroxylation is 1. The molecule has 0 aliphatic carbocycles. The van der Waals surface area contributed by atoms with Gasteiger partial charge in [-0.15, -0.1) is 0 Å². The van der Waals surface area contributed by atoms with E-state index >= 15 is 0 Å². The van der Waals surface area contributed by atoms with Crippen molar-refractivity contribution in [1.82, 2.24) is 15.1 Å². The molecule has 2 heterocycles. The van der Waals surface area contributed by atoms with Crippen LogP contribution in [-0.4, -0.2) is 34.8 Å². The van der Waals surface area contributed by atoms with Crippen LogP contribution in [0.1, 0.15) is 23.1 Å². The summed E-state index contributed by atoms with van der Waals surface area (Å²) in [6.07, 6.45) is 4.93. The smallest absolute Gasteiger partial charge is 0.324 e. The van der Waals surface area contributed by atoms with Crippen molar-refractivity contribution in [1.29, 1.82) is 0 Å². The minimum atomic E-state index is -0.640. The van der Waals surface area contributed by atoms with Crippen molar-refractivity contribution >= 4 is 33.6 Å². The van der Waals surface area contributed by atoms with Gasteiger partial charge in [0.25, 0.3) is 0 Å². The molecule has 0 saturated heterocycles. The Morgan fingerprint density at radius 1 is 1.23 bits per heavy atom. The molecule has 4 rings (SSSR count). The third kappa shape index (κ3) is 4.28. The fourth-order valence-electron chi connectivity index (χ4n) is 3.59. The molecule has 2 amide bonds. The lowest BCUT2D eigenvalue weighted by atomic mass is 10.1. The van der Waals surface area contributed by atoms with Gasteiger partial charge >= 0.3 is 6.03 Å². The van der Waals surface area contributed by atoms with Crippen molar-refractivity contribution in [2.24, 2.45) is 0 Å². The Morgan fingerprint density at radius 2 is 2.00 bits per heavy atom. The van der Waals surface area contributed by atoms with E-state index in [9.17, 15) is 14.0 Å². The van der Waals surface area contributed by atoms with Crippen LogP contribution in [0.4, 0.5) is 14.9 Å². The molecule has 2 aromatic carbocycles. The van der Waals surface area contributed by atoms with Gasteiger partial charge in [-0.2, -0.15) is 9.78 Å². The van der Waals surface area contributed by atoms with Crippen LogP contribution >= 0.6 is 15.9 Å². The number of carbonyl (C=O) groups is 2. The number of nitrogens with one attached hydrogen (secondary N) is 1. The van der Waals surface area contributed by atoms with Gasteiger partial charge in [-0.05, 0) is 53.8 Å². The van der Waals surface area contributed by atoms with Crippen molar-refractivity contribution in [3.63, 3.8) is 0 Å². The maximum Gasteiger partial charge on any atom is 0.342 e. The van der Waals surface area contributed by atoms with E-state index in [0.717, 1.165) is 26.9 Å². The zero-order valence-electron chi connectivity index (χ0n) is 16.3. The van der Waals surface area contributed by atoms with Gasteiger partial charge < -0.3 is 10.2 Å². The number of amides is 2. The lowest BCUT2D eigenvalue weighted by molar-refractivity contribution is -0.120. The summed E-state index contributed by atoms with van der Waals surface area (Å²) in [4.78, 5) is 27.2. The first-order valence-corrected chi connectivity index (χ1v) is 10.3. The largest absolute Gasteiger partial charge is 0.342 e. The second kappa shape index (κ2) is 8.39. The quantitative estimate of drug-likeness (QED) is 0.630. The van der Waals surface area contributed by atoms with Gasteiger partial charge in [-0.25, -0.2) is 9.18 Å². The molecule has 6 nitrogen and oxygen atoms in total. The van der Waals surface area contributed by atoms with Gasteiger partial charge in [0.05, 0.1) is 6.20 Å². The van der Waals surface area contributed by atoms with Crippen molar-refractivity contribution in [3.8, 4) is 0 Å². The predicted octanol–water partition coefficient (Wildman–Crippen LogP) is 3.91. The number of hydrogen-bond donors (Lipinski definition) is 1. The van der Waals surface area contributed by atoms with E-state index in [4.69, 9.17) is 0 Å². The molecule has 30 heavy (non-hydrogen) atoms. The van der Waals surface area contributed by atoms with Crippen molar-refractivity contribution in [2.75, 3.05) is 11.9 Å².